The van der Waals surface area contributed by atoms with E-state index in [0.29, 0.717) is 11.9 Å². The first-order valence-electron chi connectivity index (χ1n) is 7.43. The predicted molar refractivity (Wildman–Crippen MR) is 80.3 cm³/mol. The SMILES string of the molecule is Nc1nn(C2CN3CCC2CC3)cc1-c1ccccc1. The van der Waals surface area contributed by atoms with Crippen molar-refractivity contribution in [3.05, 3.63) is 36.5 Å². The molecule has 3 saturated heterocycles. The first kappa shape index (κ1) is 12.0. The van der Waals surface area contributed by atoms with Gasteiger partial charge in [0.2, 0.25) is 0 Å². The van der Waals surface area contributed by atoms with Crippen molar-refractivity contribution < 1.29 is 0 Å². The molecule has 1 aromatic carbocycles. The van der Waals surface area contributed by atoms with Crippen LogP contribution in [-0.2, 0) is 0 Å². The van der Waals surface area contributed by atoms with Crippen LogP contribution in [-0.4, -0.2) is 34.3 Å². The van der Waals surface area contributed by atoms with E-state index < -0.39 is 0 Å². The standard InChI is InChI=1S/C16H20N4/c17-16-14(12-4-2-1-3-5-12)10-20(18-16)15-11-19-8-6-13(15)7-9-19/h1-5,10,13,15H,6-9,11H2,(H2,17,18). The minimum Gasteiger partial charge on any atom is -0.382 e. The first-order chi connectivity index (χ1) is 9.81. The van der Waals surface area contributed by atoms with Crippen LogP contribution in [0.2, 0.25) is 0 Å². The Morgan fingerprint density at radius 1 is 1.10 bits per heavy atom. The van der Waals surface area contributed by atoms with Crippen LogP contribution in [0.5, 0.6) is 0 Å². The molecule has 5 rings (SSSR count). The summed E-state index contributed by atoms with van der Waals surface area (Å²) in [5.74, 6) is 1.41. The number of benzene rings is 1. The second-order valence-electron chi connectivity index (χ2n) is 5.98. The summed E-state index contributed by atoms with van der Waals surface area (Å²) in [6.45, 7) is 3.63. The number of rotatable bonds is 2. The fraction of sp³-hybridized carbons (Fsp3) is 0.438. The molecule has 1 unspecified atom stereocenters. The number of fused-ring (bicyclic) bond motifs is 3. The van der Waals surface area contributed by atoms with E-state index in [2.05, 4.69) is 33.0 Å². The quantitative estimate of drug-likeness (QED) is 0.909. The number of anilines is 1. The van der Waals surface area contributed by atoms with Crippen LogP contribution in [0, 0.1) is 5.92 Å². The lowest BCUT2D eigenvalue weighted by Gasteiger charge is -2.44. The molecule has 3 aliphatic rings. The molecular weight excluding hydrogens is 248 g/mol. The molecular formula is C16H20N4. The molecule has 3 aliphatic heterocycles. The Morgan fingerprint density at radius 2 is 1.85 bits per heavy atom. The molecule has 4 heterocycles. The van der Waals surface area contributed by atoms with Gasteiger partial charge in [-0.25, -0.2) is 0 Å². The van der Waals surface area contributed by atoms with Gasteiger partial charge < -0.3 is 10.6 Å². The van der Waals surface area contributed by atoms with E-state index in [1.54, 1.807) is 0 Å². The summed E-state index contributed by atoms with van der Waals surface area (Å²) in [5, 5.41) is 4.60. The van der Waals surface area contributed by atoms with Gasteiger partial charge in [-0.05, 0) is 37.4 Å². The highest BCUT2D eigenvalue weighted by Crippen LogP contribution is 2.37. The Kier molecular flexibility index (Phi) is 2.77. The lowest BCUT2D eigenvalue weighted by atomic mass is 9.84. The normalized spacial score (nSPS) is 28.7. The second kappa shape index (κ2) is 4.63. The maximum absolute atomic E-state index is 6.13. The number of piperidine rings is 3. The molecule has 4 nitrogen and oxygen atoms in total. The molecule has 0 saturated carbocycles. The Hall–Kier alpha value is -1.81. The summed E-state index contributed by atoms with van der Waals surface area (Å²) in [6, 6.07) is 10.8. The molecule has 2 bridgehead atoms. The Balaban J connectivity index is 1.67. The largest absolute Gasteiger partial charge is 0.382 e. The molecule has 4 heteroatoms. The monoisotopic (exact) mass is 268 g/mol. The smallest absolute Gasteiger partial charge is 0.153 e. The summed E-state index contributed by atoms with van der Waals surface area (Å²) in [4.78, 5) is 2.55. The lowest BCUT2D eigenvalue weighted by Crippen LogP contribution is -2.48. The van der Waals surface area contributed by atoms with Crippen molar-refractivity contribution in [1.82, 2.24) is 14.7 Å². The fourth-order valence-electron chi connectivity index (χ4n) is 3.65. The lowest BCUT2D eigenvalue weighted by molar-refractivity contribution is 0.0514. The molecule has 0 radical (unpaired) electrons. The molecule has 3 fully saturated rings. The van der Waals surface area contributed by atoms with Gasteiger partial charge in [-0.15, -0.1) is 0 Å². The average molecular weight is 268 g/mol. The average Bonchev–Trinajstić information content (AvgIpc) is 2.91. The van der Waals surface area contributed by atoms with Gasteiger partial charge in [0, 0.05) is 18.3 Å². The van der Waals surface area contributed by atoms with E-state index in [9.17, 15) is 0 Å². The Morgan fingerprint density at radius 3 is 2.50 bits per heavy atom. The van der Waals surface area contributed by atoms with Gasteiger partial charge in [0.25, 0.3) is 0 Å². The highest BCUT2D eigenvalue weighted by molar-refractivity contribution is 5.73. The van der Waals surface area contributed by atoms with E-state index >= 15 is 0 Å². The number of hydrogen-bond donors (Lipinski definition) is 1. The highest BCUT2D eigenvalue weighted by Gasteiger charge is 2.35. The minimum absolute atomic E-state index is 0.497. The molecule has 0 spiro atoms. The zero-order valence-electron chi connectivity index (χ0n) is 11.6. The third-order valence-corrected chi connectivity index (χ3v) is 4.81. The summed E-state index contributed by atoms with van der Waals surface area (Å²) >= 11 is 0. The van der Waals surface area contributed by atoms with Gasteiger partial charge >= 0.3 is 0 Å². The summed E-state index contributed by atoms with van der Waals surface area (Å²) in [7, 11) is 0. The molecule has 104 valence electrons. The van der Waals surface area contributed by atoms with Crippen LogP contribution >= 0.6 is 0 Å². The number of nitrogens with zero attached hydrogens (tertiary/aromatic N) is 3. The van der Waals surface area contributed by atoms with E-state index in [0.717, 1.165) is 23.6 Å². The first-order valence-corrected chi connectivity index (χ1v) is 7.43. The third-order valence-electron chi connectivity index (χ3n) is 4.81. The van der Waals surface area contributed by atoms with Crippen LogP contribution < -0.4 is 5.73 Å². The van der Waals surface area contributed by atoms with Crippen LogP contribution in [0.1, 0.15) is 18.9 Å². The van der Waals surface area contributed by atoms with Gasteiger partial charge in [-0.1, -0.05) is 30.3 Å². The molecule has 1 atom stereocenters. The number of nitrogen functional groups attached to an aromatic ring is 1. The highest BCUT2D eigenvalue weighted by atomic mass is 15.3. The predicted octanol–water partition coefficient (Wildman–Crippen LogP) is 2.40. The van der Waals surface area contributed by atoms with Gasteiger partial charge in [0.05, 0.1) is 6.04 Å². The van der Waals surface area contributed by atoms with E-state index in [-0.39, 0.29) is 0 Å². The van der Waals surface area contributed by atoms with Crippen molar-refractivity contribution in [3.8, 4) is 11.1 Å². The molecule has 0 aliphatic carbocycles. The third kappa shape index (κ3) is 1.91. The maximum Gasteiger partial charge on any atom is 0.153 e. The van der Waals surface area contributed by atoms with Crippen molar-refractivity contribution in [1.29, 1.82) is 0 Å². The molecule has 2 N–H and O–H groups in total. The van der Waals surface area contributed by atoms with Crippen LogP contribution in [0.25, 0.3) is 11.1 Å². The zero-order chi connectivity index (χ0) is 13.5. The Labute approximate surface area is 119 Å². The topological polar surface area (TPSA) is 47.1 Å². The van der Waals surface area contributed by atoms with Crippen molar-refractivity contribution in [2.75, 3.05) is 25.4 Å². The van der Waals surface area contributed by atoms with E-state index in [4.69, 9.17) is 5.73 Å². The van der Waals surface area contributed by atoms with E-state index in [1.165, 1.54) is 25.9 Å². The van der Waals surface area contributed by atoms with Crippen molar-refractivity contribution >= 4 is 5.82 Å². The van der Waals surface area contributed by atoms with Crippen molar-refractivity contribution in [2.24, 2.45) is 5.92 Å². The van der Waals surface area contributed by atoms with Crippen LogP contribution in [0.15, 0.2) is 36.5 Å². The minimum atomic E-state index is 0.497. The van der Waals surface area contributed by atoms with Gasteiger partial charge in [-0.2, -0.15) is 5.10 Å². The second-order valence-corrected chi connectivity index (χ2v) is 5.98. The fourth-order valence-corrected chi connectivity index (χ4v) is 3.65. The Bertz CT molecular complexity index is 596. The van der Waals surface area contributed by atoms with Crippen molar-refractivity contribution in [3.63, 3.8) is 0 Å². The zero-order valence-corrected chi connectivity index (χ0v) is 11.6. The van der Waals surface area contributed by atoms with Crippen LogP contribution in [0.4, 0.5) is 5.82 Å². The van der Waals surface area contributed by atoms with Gasteiger partial charge in [0.1, 0.15) is 0 Å². The molecule has 0 amide bonds. The summed E-state index contributed by atoms with van der Waals surface area (Å²) < 4.78 is 2.12. The summed E-state index contributed by atoms with van der Waals surface area (Å²) in [5.41, 5.74) is 8.34. The molecule has 20 heavy (non-hydrogen) atoms. The maximum atomic E-state index is 6.13. The van der Waals surface area contributed by atoms with Crippen molar-refractivity contribution in [2.45, 2.75) is 18.9 Å². The molecule has 2 aromatic rings. The number of aromatic nitrogens is 2. The van der Waals surface area contributed by atoms with Crippen LogP contribution in [0.3, 0.4) is 0 Å². The van der Waals surface area contributed by atoms with Gasteiger partial charge in [0.15, 0.2) is 5.82 Å². The molecule has 1 aromatic heterocycles. The van der Waals surface area contributed by atoms with E-state index in [1.807, 2.05) is 18.2 Å². The summed E-state index contributed by atoms with van der Waals surface area (Å²) in [6.07, 6.45) is 4.73. The number of nitrogens with two attached hydrogens (primary N) is 1. The number of hydrogen-bond acceptors (Lipinski definition) is 3. The van der Waals surface area contributed by atoms with Gasteiger partial charge in [-0.3, -0.25) is 4.68 Å².